The highest BCUT2D eigenvalue weighted by atomic mass is 35.5. The van der Waals surface area contributed by atoms with E-state index in [1.54, 1.807) is 13.1 Å². The molecule has 0 amide bonds. The van der Waals surface area contributed by atoms with Crippen molar-refractivity contribution >= 4 is 17.6 Å². The summed E-state index contributed by atoms with van der Waals surface area (Å²) < 4.78 is 22.8. The summed E-state index contributed by atoms with van der Waals surface area (Å²) in [5, 5.41) is 19.6. The monoisotopic (exact) mass is 559 g/mol. The predicted molar refractivity (Wildman–Crippen MR) is 147 cm³/mol. The fraction of sp³-hybridized carbons (Fsp3) is 0.448. The van der Waals surface area contributed by atoms with Gasteiger partial charge in [0.1, 0.15) is 18.2 Å². The molecule has 0 spiro atoms. The number of carboxylic acid groups (broad SMARTS) is 1. The van der Waals surface area contributed by atoms with Crippen molar-refractivity contribution < 1.29 is 24.1 Å². The van der Waals surface area contributed by atoms with Gasteiger partial charge < -0.3 is 14.9 Å². The number of aromatic hydroxyl groups is 1. The molecule has 0 saturated heterocycles. The second-order valence-electron chi connectivity index (χ2n) is 10.3. The Balaban J connectivity index is 1.52. The minimum Gasteiger partial charge on any atom is -0.493 e. The minimum absolute atomic E-state index is 0.00809. The van der Waals surface area contributed by atoms with E-state index in [1.807, 2.05) is 25.1 Å². The van der Waals surface area contributed by atoms with Gasteiger partial charge in [0.15, 0.2) is 0 Å². The van der Waals surface area contributed by atoms with E-state index in [0.29, 0.717) is 23.8 Å². The number of nitrogens with zero attached hydrogens (tertiary/aromatic N) is 3. The Kier molecular flexibility index (Phi) is 9.35. The van der Waals surface area contributed by atoms with E-state index in [9.17, 15) is 24.2 Å². The number of benzene rings is 2. The Labute approximate surface area is 232 Å². The molecule has 39 heavy (non-hydrogen) atoms. The average Bonchev–Trinajstić information content (AvgIpc) is 3.48. The number of aliphatic carboxylic acids is 1. The van der Waals surface area contributed by atoms with Gasteiger partial charge in [0.25, 0.3) is 0 Å². The Morgan fingerprint density at radius 1 is 1.23 bits per heavy atom. The summed E-state index contributed by atoms with van der Waals surface area (Å²) in [6.07, 6.45) is 5.72. The number of aromatic nitrogens is 2. The lowest BCUT2D eigenvalue weighted by atomic mass is 9.98. The van der Waals surface area contributed by atoms with Crippen LogP contribution in [0.15, 0.2) is 47.4 Å². The topological polar surface area (TPSA) is 96.9 Å². The highest BCUT2D eigenvalue weighted by Gasteiger charge is 2.28. The normalized spacial score (nSPS) is 14.7. The van der Waals surface area contributed by atoms with Gasteiger partial charge in [-0.15, -0.1) is 0 Å². The second kappa shape index (κ2) is 12.7. The molecular weight excluding hydrogens is 525 g/mol. The fourth-order valence-electron chi connectivity index (χ4n) is 5.42. The Morgan fingerprint density at radius 3 is 2.59 bits per heavy atom. The van der Waals surface area contributed by atoms with Gasteiger partial charge >= 0.3 is 11.7 Å². The second-order valence-corrected chi connectivity index (χ2v) is 10.8. The summed E-state index contributed by atoms with van der Waals surface area (Å²) in [4.78, 5) is 26.1. The third-order valence-electron chi connectivity index (χ3n) is 7.42. The van der Waals surface area contributed by atoms with E-state index < -0.39 is 17.8 Å². The standard InChI is InChI=1S/C29H35ClFN3O5/c1-19-13-21(7-10-26(19)39-12-11-34-27(35)18-32(2)29(34)38)17-33(16-20-5-3-4-6-20)25(15-28(36)37)22-8-9-23(30)24(31)14-22/h7-10,13-14,18,20,25,35H,3-6,11-12,15-17H2,1-2H3,(H,36,37)/t25-/m1/s1. The first-order chi connectivity index (χ1) is 18.6. The third kappa shape index (κ3) is 7.22. The molecule has 1 aliphatic rings. The number of hydrogen-bond acceptors (Lipinski definition) is 5. The first-order valence-electron chi connectivity index (χ1n) is 13.2. The molecule has 1 fully saturated rings. The van der Waals surface area contributed by atoms with Crippen molar-refractivity contribution in [3.8, 4) is 11.6 Å². The molecule has 1 atom stereocenters. The Hall–Kier alpha value is -3.30. The van der Waals surface area contributed by atoms with Gasteiger partial charge in [0, 0.05) is 26.2 Å². The van der Waals surface area contributed by atoms with Crippen molar-refractivity contribution in [2.75, 3.05) is 13.2 Å². The molecule has 1 heterocycles. The fourth-order valence-corrected chi connectivity index (χ4v) is 5.54. The molecule has 0 radical (unpaired) electrons. The zero-order valence-electron chi connectivity index (χ0n) is 22.3. The van der Waals surface area contributed by atoms with E-state index in [0.717, 1.165) is 43.4 Å². The molecule has 0 aliphatic heterocycles. The lowest BCUT2D eigenvalue weighted by molar-refractivity contribution is -0.138. The zero-order chi connectivity index (χ0) is 28.1. The number of halogens is 2. The number of rotatable bonds is 12. The van der Waals surface area contributed by atoms with E-state index in [1.165, 1.54) is 27.5 Å². The predicted octanol–water partition coefficient (Wildman–Crippen LogP) is 5.28. The molecule has 0 bridgehead atoms. The molecule has 3 aromatic rings. The number of ether oxygens (including phenoxy) is 1. The summed E-state index contributed by atoms with van der Waals surface area (Å²) in [5.41, 5.74) is 2.15. The number of aryl methyl sites for hydroxylation is 2. The molecule has 1 aliphatic carbocycles. The van der Waals surface area contributed by atoms with Gasteiger partial charge in [-0.25, -0.2) is 9.18 Å². The van der Waals surface area contributed by atoms with Gasteiger partial charge in [-0.05, 0) is 60.6 Å². The van der Waals surface area contributed by atoms with Crippen LogP contribution in [0.4, 0.5) is 4.39 Å². The first-order valence-corrected chi connectivity index (χ1v) is 13.6. The van der Waals surface area contributed by atoms with Crippen molar-refractivity contribution in [2.45, 2.75) is 58.2 Å². The Morgan fingerprint density at radius 2 is 1.97 bits per heavy atom. The van der Waals surface area contributed by atoms with Crippen LogP contribution < -0.4 is 10.4 Å². The zero-order valence-corrected chi connectivity index (χ0v) is 23.0. The van der Waals surface area contributed by atoms with Gasteiger partial charge in [-0.2, -0.15) is 0 Å². The van der Waals surface area contributed by atoms with Gasteiger partial charge in [-0.3, -0.25) is 18.8 Å². The SMILES string of the molecule is Cc1cc(CN(CC2CCCC2)[C@H](CC(=O)O)c2ccc(Cl)c(F)c2)ccc1OCCn1c(O)cn(C)c1=O. The summed E-state index contributed by atoms with van der Waals surface area (Å²) in [6, 6.07) is 9.82. The molecule has 2 aromatic carbocycles. The van der Waals surface area contributed by atoms with E-state index >= 15 is 0 Å². The van der Waals surface area contributed by atoms with Crippen LogP contribution in [0.5, 0.6) is 11.6 Å². The highest BCUT2D eigenvalue weighted by molar-refractivity contribution is 6.30. The maximum atomic E-state index is 14.4. The largest absolute Gasteiger partial charge is 0.493 e. The molecule has 1 saturated carbocycles. The molecule has 4 rings (SSSR count). The summed E-state index contributed by atoms with van der Waals surface area (Å²) in [5.74, 6) is -0.507. The summed E-state index contributed by atoms with van der Waals surface area (Å²) in [6.45, 7) is 3.54. The molecule has 0 unspecified atom stereocenters. The van der Waals surface area contributed by atoms with Crippen molar-refractivity contribution in [2.24, 2.45) is 13.0 Å². The quantitative estimate of drug-likeness (QED) is 0.313. The Bertz CT molecular complexity index is 1370. The molecule has 210 valence electrons. The lowest BCUT2D eigenvalue weighted by Crippen LogP contribution is -2.34. The third-order valence-corrected chi connectivity index (χ3v) is 7.73. The maximum Gasteiger partial charge on any atom is 0.330 e. The number of imidazole rings is 1. The number of hydrogen-bond donors (Lipinski definition) is 2. The van der Waals surface area contributed by atoms with Crippen LogP contribution in [0, 0.1) is 18.7 Å². The maximum absolute atomic E-state index is 14.4. The molecular formula is C29H35ClFN3O5. The number of carbonyl (C=O) groups is 1. The van der Waals surface area contributed by atoms with Crippen LogP contribution in [0.2, 0.25) is 5.02 Å². The van der Waals surface area contributed by atoms with Crippen LogP contribution in [0.3, 0.4) is 0 Å². The van der Waals surface area contributed by atoms with Crippen molar-refractivity contribution in [3.63, 3.8) is 0 Å². The van der Waals surface area contributed by atoms with Crippen LogP contribution in [0.25, 0.3) is 0 Å². The highest BCUT2D eigenvalue weighted by Crippen LogP contribution is 2.34. The van der Waals surface area contributed by atoms with Crippen LogP contribution in [0.1, 0.15) is 54.8 Å². The van der Waals surface area contributed by atoms with E-state index in [2.05, 4.69) is 4.90 Å². The number of carboxylic acids is 1. The molecule has 8 nitrogen and oxygen atoms in total. The smallest absolute Gasteiger partial charge is 0.330 e. The summed E-state index contributed by atoms with van der Waals surface area (Å²) in [7, 11) is 1.57. The van der Waals surface area contributed by atoms with E-state index in [-0.39, 0.29) is 36.2 Å². The lowest BCUT2D eigenvalue weighted by Gasteiger charge is -2.33. The summed E-state index contributed by atoms with van der Waals surface area (Å²) >= 11 is 5.91. The van der Waals surface area contributed by atoms with Crippen LogP contribution in [-0.4, -0.2) is 43.4 Å². The molecule has 1 aromatic heterocycles. The van der Waals surface area contributed by atoms with Crippen LogP contribution >= 0.6 is 11.6 Å². The van der Waals surface area contributed by atoms with Crippen LogP contribution in [-0.2, 0) is 24.9 Å². The van der Waals surface area contributed by atoms with Crippen molar-refractivity contribution in [1.29, 1.82) is 0 Å². The van der Waals surface area contributed by atoms with Gasteiger partial charge in [-0.1, -0.05) is 42.6 Å². The molecule has 10 heteroatoms. The van der Waals surface area contributed by atoms with Crippen molar-refractivity contribution in [1.82, 2.24) is 14.0 Å². The average molecular weight is 560 g/mol. The van der Waals surface area contributed by atoms with Gasteiger partial charge in [0.05, 0.1) is 24.2 Å². The molecule has 2 N–H and O–H groups in total. The minimum atomic E-state index is -0.949. The van der Waals surface area contributed by atoms with Crippen molar-refractivity contribution in [3.05, 3.63) is 80.6 Å². The first kappa shape index (κ1) is 28.7. The van der Waals surface area contributed by atoms with Gasteiger partial charge in [0.2, 0.25) is 5.88 Å². The van der Waals surface area contributed by atoms with E-state index in [4.69, 9.17) is 16.3 Å².